The molecule has 1 aromatic carbocycles. The van der Waals surface area contributed by atoms with Crippen molar-refractivity contribution in [2.75, 3.05) is 26.3 Å². The van der Waals surface area contributed by atoms with Gasteiger partial charge in [0.1, 0.15) is 5.82 Å². The number of halogens is 1. The van der Waals surface area contributed by atoms with Crippen molar-refractivity contribution in [1.82, 2.24) is 4.90 Å². The molecule has 4 heteroatoms. The highest BCUT2D eigenvalue weighted by atomic mass is 19.1. The number of amides is 1. The van der Waals surface area contributed by atoms with Gasteiger partial charge in [0, 0.05) is 13.1 Å². The molecule has 1 amide bonds. The van der Waals surface area contributed by atoms with E-state index >= 15 is 0 Å². The van der Waals surface area contributed by atoms with E-state index in [4.69, 9.17) is 4.74 Å². The van der Waals surface area contributed by atoms with Crippen molar-refractivity contribution in [3.05, 3.63) is 35.6 Å². The molecule has 1 aromatic rings. The van der Waals surface area contributed by atoms with Gasteiger partial charge in [-0.2, -0.15) is 0 Å². The first-order valence-corrected chi connectivity index (χ1v) is 4.81. The monoisotopic (exact) mass is 208 g/mol. The number of rotatable bonds is 1. The van der Waals surface area contributed by atoms with E-state index in [9.17, 15) is 9.18 Å². The highest BCUT2D eigenvalue weighted by molar-refractivity contribution is 5.94. The first-order valence-electron chi connectivity index (χ1n) is 4.81. The van der Waals surface area contributed by atoms with E-state index in [1.807, 2.05) is 0 Å². The van der Waals surface area contributed by atoms with Crippen molar-refractivity contribution in [1.29, 1.82) is 0 Å². The number of morpholine rings is 1. The summed E-state index contributed by atoms with van der Waals surface area (Å²) in [5, 5.41) is 0. The van der Waals surface area contributed by atoms with Gasteiger partial charge in [0.15, 0.2) is 0 Å². The van der Waals surface area contributed by atoms with Gasteiger partial charge in [-0.1, -0.05) is 6.07 Å². The van der Waals surface area contributed by atoms with E-state index in [-0.39, 0.29) is 11.5 Å². The van der Waals surface area contributed by atoms with E-state index in [1.54, 1.807) is 4.90 Å². The van der Waals surface area contributed by atoms with Crippen LogP contribution in [0.5, 0.6) is 0 Å². The molecule has 0 N–H and O–H groups in total. The van der Waals surface area contributed by atoms with Gasteiger partial charge in [-0.3, -0.25) is 4.79 Å². The molecule has 2 rings (SSSR count). The first kappa shape index (κ1) is 10.1. The largest absolute Gasteiger partial charge is 0.378 e. The molecule has 0 unspecified atom stereocenters. The molecule has 1 radical (unpaired) electrons. The predicted molar refractivity (Wildman–Crippen MR) is 52.0 cm³/mol. The van der Waals surface area contributed by atoms with Crippen LogP contribution in [0.4, 0.5) is 4.39 Å². The molecule has 0 atom stereocenters. The maximum absolute atomic E-state index is 12.9. The van der Waals surface area contributed by atoms with E-state index < -0.39 is 5.82 Å². The molecule has 0 aromatic heterocycles. The van der Waals surface area contributed by atoms with Crippen molar-refractivity contribution < 1.29 is 13.9 Å². The third-order valence-electron chi connectivity index (χ3n) is 2.29. The number of carbonyl (C=O) groups is 1. The molecule has 1 saturated heterocycles. The highest BCUT2D eigenvalue weighted by Crippen LogP contribution is 2.08. The Hall–Kier alpha value is -1.42. The standard InChI is InChI=1S/C11H11FNO2/c12-10-3-1-2-9(8-10)11(14)13-4-6-15-7-5-13/h1,3,8H,4-7H2. The number of hydrogen-bond acceptors (Lipinski definition) is 2. The minimum absolute atomic E-state index is 0.183. The van der Waals surface area contributed by atoms with Crippen LogP contribution in [0.3, 0.4) is 0 Å². The van der Waals surface area contributed by atoms with Crippen molar-refractivity contribution in [2.24, 2.45) is 0 Å². The van der Waals surface area contributed by atoms with Crippen LogP contribution in [0.15, 0.2) is 18.2 Å². The Morgan fingerprint density at radius 2 is 2.20 bits per heavy atom. The van der Waals surface area contributed by atoms with Crippen LogP contribution in [0.1, 0.15) is 10.4 Å². The molecule has 1 aliphatic heterocycles. The molecule has 1 heterocycles. The molecular weight excluding hydrogens is 197 g/mol. The van der Waals surface area contributed by atoms with E-state index in [1.165, 1.54) is 18.2 Å². The van der Waals surface area contributed by atoms with E-state index in [0.717, 1.165) is 0 Å². The van der Waals surface area contributed by atoms with Crippen molar-refractivity contribution in [3.8, 4) is 0 Å². The summed E-state index contributed by atoms with van der Waals surface area (Å²) in [7, 11) is 0. The highest BCUT2D eigenvalue weighted by Gasteiger charge is 2.18. The summed E-state index contributed by atoms with van der Waals surface area (Å²) in [6.45, 7) is 2.20. The molecule has 1 aliphatic rings. The lowest BCUT2D eigenvalue weighted by atomic mass is 10.2. The summed E-state index contributed by atoms with van der Waals surface area (Å²) in [4.78, 5) is 13.5. The summed E-state index contributed by atoms with van der Waals surface area (Å²) < 4.78 is 18.0. The van der Waals surface area contributed by atoms with Crippen LogP contribution in [0, 0.1) is 11.9 Å². The van der Waals surface area contributed by atoms with Gasteiger partial charge in [-0.15, -0.1) is 0 Å². The zero-order valence-corrected chi connectivity index (χ0v) is 8.20. The Morgan fingerprint density at radius 1 is 1.47 bits per heavy atom. The average molecular weight is 208 g/mol. The third-order valence-corrected chi connectivity index (χ3v) is 2.29. The summed E-state index contributed by atoms with van der Waals surface area (Å²) in [5.74, 6) is -0.594. The van der Waals surface area contributed by atoms with Crippen LogP contribution in [0.2, 0.25) is 0 Å². The molecule has 0 bridgehead atoms. The molecule has 79 valence electrons. The SMILES string of the molecule is O=C(c1[c]ccc(F)c1)N1CCOCC1. The second-order valence-electron chi connectivity index (χ2n) is 3.33. The number of hydrogen-bond donors (Lipinski definition) is 0. The van der Waals surface area contributed by atoms with Gasteiger partial charge in [0.25, 0.3) is 5.91 Å². The van der Waals surface area contributed by atoms with Gasteiger partial charge in [-0.25, -0.2) is 4.39 Å². The van der Waals surface area contributed by atoms with E-state index in [2.05, 4.69) is 6.07 Å². The fraction of sp³-hybridized carbons (Fsp3) is 0.364. The number of ether oxygens (including phenoxy) is 1. The second kappa shape index (κ2) is 4.40. The van der Waals surface area contributed by atoms with Crippen molar-refractivity contribution >= 4 is 5.91 Å². The maximum atomic E-state index is 12.9. The Balaban J connectivity index is 2.12. The normalized spacial score (nSPS) is 16.5. The van der Waals surface area contributed by atoms with Crippen LogP contribution in [0.25, 0.3) is 0 Å². The van der Waals surface area contributed by atoms with Crippen LogP contribution < -0.4 is 0 Å². The Labute approximate surface area is 87.5 Å². The lowest BCUT2D eigenvalue weighted by molar-refractivity contribution is 0.0302. The first-order chi connectivity index (χ1) is 7.27. The maximum Gasteiger partial charge on any atom is 0.254 e. The molecule has 0 saturated carbocycles. The van der Waals surface area contributed by atoms with Gasteiger partial charge in [0.05, 0.1) is 18.8 Å². The van der Waals surface area contributed by atoms with Crippen LogP contribution in [-0.2, 0) is 4.74 Å². The Kier molecular flexibility index (Phi) is 2.97. The quantitative estimate of drug-likeness (QED) is 0.691. The second-order valence-corrected chi connectivity index (χ2v) is 3.33. The van der Waals surface area contributed by atoms with E-state index in [0.29, 0.717) is 26.3 Å². The topological polar surface area (TPSA) is 29.5 Å². The summed E-state index contributed by atoms with van der Waals surface area (Å²) in [6, 6.07) is 6.63. The van der Waals surface area contributed by atoms with Gasteiger partial charge in [0.2, 0.25) is 0 Å². The molecular formula is C11H11FNO2. The lowest BCUT2D eigenvalue weighted by Crippen LogP contribution is -2.40. The molecule has 15 heavy (non-hydrogen) atoms. The fourth-order valence-electron chi connectivity index (χ4n) is 1.50. The Bertz CT molecular complexity index is 361. The van der Waals surface area contributed by atoms with Gasteiger partial charge >= 0.3 is 0 Å². The van der Waals surface area contributed by atoms with Gasteiger partial charge in [-0.05, 0) is 18.2 Å². The molecule has 0 spiro atoms. The van der Waals surface area contributed by atoms with Crippen molar-refractivity contribution in [2.45, 2.75) is 0 Å². The summed E-state index contributed by atoms with van der Waals surface area (Å²) >= 11 is 0. The zero-order chi connectivity index (χ0) is 10.7. The molecule has 0 aliphatic carbocycles. The number of benzene rings is 1. The minimum atomic E-state index is -0.412. The molecule has 3 nitrogen and oxygen atoms in total. The van der Waals surface area contributed by atoms with Crippen LogP contribution in [-0.4, -0.2) is 37.1 Å². The minimum Gasteiger partial charge on any atom is -0.378 e. The van der Waals surface area contributed by atoms with Crippen LogP contribution >= 0.6 is 0 Å². The molecule has 1 fully saturated rings. The summed E-state index contributed by atoms with van der Waals surface area (Å²) in [6.07, 6.45) is 0. The zero-order valence-electron chi connectivity index (χ0n) is 8.20. The van der Waals surface area contributed by atoms with Crippen molar-refractivity contribution in [3.63, 3.8) is 0 Å². The predicted octanol–water partition coefficient (Wildman–Crippen LogP) is 1.10. The lowest BCUT2D eigenvalue weighted by Gasteiger charge is -2.26. The summed E-state index contributed by atoms with van der Waals surface area (Å²) in [5.41, 5.74) is 0.275. The smallest absolute Gasteiger partial charge is 0.254 e. The van der Waals surface area contributed by atoms with Gasteiger partial charge < -0.3 is 9.64 Å². The number of carbonyl (C=O) groups excluding carboxylic acids is 1. The Morgan fingerprint density at radius 3 is 2.87 bits per heavy atom. The third kappa shape index (κ3) is 2.33. The fourth-order valence-corrected chi connectivity index (χ4v) is 1.50. The number of nitrogens with zero attached hydrogens (tertiary/aromatic N) is 1. The average Bonchev–Trinajstić information content (AvgIpc) is 2.29.